The third kappa shape index (κ3) is 4.11. The van der Waals surface area contributed by atoms with E-state index in [1.54, 1.807) is 48.5 Å². The molecule has 1 aliphatic rings. The molecule has 1 amide bonds. The van der Waals surface area contributed by atoms with Gasteiger partial charge in [0.25, 0.3) is 26.0 Å². The topological polar surface area (TPSA) is 121 Å². The molecule has 10 heteroatoms. The normalized spacial score (nSPS) is 13.0. The number of carbonyl (C=O) groups excluding carboxylic acids is 1. The third-order valence-corrected chi connectivity index (χ3v) is 8.52. The van der Waals surface area contributed by atoms with Crippen molar-refractivity contribution in [3.8, 4) is 0 Å². The van der Waals surface area contributed by atoms with Gasteiger partial charge in [0.05, 0.1) is 10.6 Å². The Hall–Kier alpha value is -3.89. The van der Waals surface area contributed by atoms with Gasteiger partial charge in [-0.1, -0.05) is 36.4 Å². The van der Waals surface area contributed by atoms with Crippen molar-refractivity contribution in [2.45, 2.75) is 23.6 Å². The van der Waals surface area contributed by atoms with Gasteiger partial charge in [-0.05, 0) is 61.4 Å². The van der Waals surface area contributed by atoms with Gasteiger partial charge in [0, 0.05) is 27.7 Å². The molecule has 1 aliphatic heterocycles. The molecular formula is C25H21N3O5S2. The fraction of sp³-hybridized carbons (Fsp3) is 0.0800. The summed E-state index contributed by atoms with van der Waals surface area (Å²) in [5.41, 5.74) is 2.61. The maximum Gasteiger partial charge on any atom is 0.264 e. The number of hydrogen-bond acceptors (Lipinski definition) is 5. The maximum absolute atomic E-state index is 13.5. The van der Waals surface area contributed by atoms with Crippen molar-refractivity contribution < 1.29 is 21.6 Å². The van der Waals surface area contributed by atoms with Gasteiger partial charge in [-0.15, -0.1) is 0 Å². The zero-order valence-corrected chi connectivity index (χ0v) is 20.4. The summed E-state index contributed by atoms with van der Waals surface area (Å²) in [7, 11) is -8.50. The Morgan fingerprint density at radius 2 is 1.23 bits per heavy atom. The highest BCUT2D eigenvalue weighted by Gasteiger charge is 2.33. The van der Waals surface area contributed by atoms with E-state index < -0.39 is 26.0 Å². The summed E-state index contributed by atoms with van der Waals surface area (Å²) < 4.78 is 59.0. The van der Waals surface area contributed by atoms with Crippen molar-refractivity contribution >= 4 is 53.8 Å². The van der Waals surface area contributed by atoms with Gasteiger partial charge in [0.2, 0.25) is 0 Å². The quantitative estimate of drug-likeness (QED) is 0.351. The minimum absolute atomic E-state index is 0.0512. The van der Waals surface area contributed by atoms with Crippen LogP contribution < -0.4 is 14.8 Å². The van der Waals surface area contributed by atoms with E-state index in [-0.39, 0.29) is 31.8 Å². The molecule has 8 nitrogen and oxygen atoms in total. The Labute approximate surface area is 203 Å². The molecule has 5 rings (SSSR count). The Morgan fingerprint density at radius 3 is 1.80 bits per heavy atom. The molecule has 0 bridgehead atoms. The number of benzene rings is 4. The molecule has 3 N–H and O–H groups in total. The summed E-state index contributed by atoms with van der Waals surface area (Å²) in [6.45, 7) is 3.65. The van der Waals surface area contributed by atoms with Crippen LogP contribution in [-0.2, 0) is 20.0 Å². The Morgan fingerprint density at radius 1 is 0.686 bits per heavy atom. The summed E-state index contributed by atoms with van der Waals surface area (Å²) in [4.78, 5) is 12.0. The molecule has 0 saturated carbocycles. The highest BCUT2D eigenvalue weighted by molar-refractivity contribution is 7.93. The van der Waals surface area contributed by atoms with Gasteiger partial charge in [-0.25, -0.2) is 16.8 Å². The first-order chi connectivity index (χ1) is 16.5. The lowest BCUT2D eigenvalue weighted by Crippen LogP contribution is -2.18. The Balaban J connectivity index is 1.72. The van der Waals surface area contributed by atoms with Gasteiger partial charge in [-0.3, -0.25) is 14.2 Å². The van der Waals surface area contributed by atoms with Gasteiger partial charge in [0.1, 0.15) is 4.90 Å². The third-order valence-electron chi connectivity index (χ3n) is 5.69. The summed E-state index contributed by atoms with van der Waals surface area (Å²) in [5.74, 6) is -0.501. The van der Waals surface area contributed by atoms with Crippen LogP contribution in [0.2, 0.25) is 0 Å². The van der Waals surface area contributed by atoms with Crippen LogP contribution >= 0.6 is 0 Å². The number of sulfonamides is 2. The number of carbonyl (C=O) groups is 1. The minimum Gasteiger partial charge on any atom is -0.320 e. The highest BCUT2D eigenvalue weighted by atomic mass is 32.2. The lowest BCUT2D eigenvalue weighted by molar-refractivity contribution is 0.103. The highest BCUT2D eigenvalue weighted by Crippen LogP contribution is 2.42. The molecule has 4 aromatic carbocycles. The van der Waals surface area contributed by atoms with Gasteiger partial charge < -0.3 is 5.32 Å². The van der Waals surface area contributed by atoms with Crippen LogP contribution in [0.4, 0.5) is 17.1 Å². The van der Waals surface area contributed by atoms with Crippen molar-refractivity contribution in [3.63, 3.8) is 0 Å². The van der Waals surface area contributed by atoms with E-state index in [2.05, 4.69) is 14.8 Å². The average Bonchev–Trinajstić information content (AvgIpc) is 3.10. The van der Waals surface area contributed by atoms with E-state index >= 15 is 0 Å². The number of amides is 1. The first kappa shape index (κ1) is 22.9. The lowest BCUT2D eigenvalue weighted by Gasteiger charge is -2.16. The van der Waals surface area contributed by atoms with Crippen LogP contribution in [0.1, 0.15) is 21.5 Å². The summed E-state index contributed by atoms with van der Waals surface area (Å²) in [6.07, 6.45) is 0. The second-order valence-corrected chi connectivity index (χ2v) is 11.7. The monoisotopic (exact) mass is 507 g/mol. The fourth-order valence-corrected chi connectivity index (χ4v) is 6.78. The smallest absolute Gasteiger partial charge is 0.264 e. The molecular weight excluding hydrogens is 486 g/mol. The number of hydrogen-bond donors (Lipinski definition) is 3. The molecule has 0 spiro atoms. The molecule has 4 aromatic rings. The van der Waals surface area contributed by atoms with Gasteiger partial charge >= 0.3 is 0 Å². The zero-order chi connectivity index (χ0) is 25.0. The van der Waals surface area contributed by atoms with E-state index in [0.29, 0.717) is 11.4 Å². The van der Waals surface area contributed by atoms with Gasteiger partial charge in [0.15, 0.2) is 0 Å². The van der Waals surface area contributed by atoms with Crippen LogP contribution in [0.5, 0.6) is 0 Å². The minimum atomic E-state index is -4.27. The van der Waals surface area contributed by atoms with Crippen molar-refractivity contribution in [2.24, 2.45) is 0 Å². The maximum atomic E-state index is 13.5. The molecule has 0 atom stereocenters. The lowest BCUT2D eigenvalue weighted by atomic mass is 10.1. The van der Waals surface area contributed by atoms with Crippen LogP contribution in [0.15, 0.2) is 82.6 Å². The molecule has 0 unspecified atom stereocenters. The summed E-state index contributed by atoms with van der Waals surface area (Å²) in [6, 6.07) is 19.3. The molecule has 0 aromatic heterocycles. The first-order valence-electron chi connectivity index (χ1n) is 10.7. The molecule has 1 heterocycles. The second-order valence-electron chi connectivity index (χ2n) is 8.38. The van der Waals surface area contributed by atoms with Crippen molar-refractivity contribution in [1.29, 1.82) is 0 Å². The van der Waals surface area contributed by atoms with Crippen LogP contribution in [-0.4, -0.2) is 22.7 Å². The van der Waals surface area contributed by atoms with Crippen molar-refractivity contribution in [1.82, 2.24) is 0 Å². The largest absolute Gasteiger partial charge is 0.320 e. The van der Waals surface area contributed by atoms with Crippen LogP contribution in [0.3, 0.4) is 0 Å². The molecule has 0 radical (unpaired) electrons. The van der Waals surface area contributed by atoms with E-state index in [9.17, 15) is 21.6 Å². The average molecular weight is 508 g/mol. The zero-order valence-electron chi connectivity index (χ0n) is 18.8. The molecule has 0 aliphatic carbocycles. The number of nitrogens with one attached hydrogen (secondary N) is 3. The predicted octanol–water partition coefficient (Wildman–Crippen LogP) is 4.62. The van der Waals surface area contributed by atoms with E-state index in [4.69, 9.17) is 0 Å². The van der Waals surface area contributed by atoms with Gasteiger partial charge in [-0.2, -0.15) is 0 Å². The van der Waals surface area contributed by atoms with E-state index in [0.717, 1.165) is 17.2 Å². The standard InChI is InChI=1S/C25H21N3O5S2/c1-15-6-3-8-17(12-15)27-34(30,31)21-14-22(35(32,33)28-18-9-4-7-16(2)13-18)24-23-19(21)10-5-11-20(23)25(29)26-24/h3-14,27-28H,1-2H3,(H,26,29). The van der Waals surface area contributed by atoms with Crippen molar-refractivity contribution in [3.05, 3.63) is 89.5 Å². The van der Waals surface area contributed by atoms with Crippen LogP contribution in [0, 0.1) is 13.8 Å². The fourth-order valence-electron chi connectivity index (χ4n) is 4.18. The van der Waals surface area contributed by atoms with Crippen LogP contribution in [0.25, 0.3) is 10.8 Å². The first-order valence-corrected chi connectivity index (χ1v) is 13.6. The molecule has 178 valence electrons. The number of anilines is 3. The van der Waals surface area contributed by atoms with E-state index in [1.807, 2.05) is 26.0 Å². The number of aryl methyl sites for hydroxylation is 2. The predicted molar refractivity (Wildman–Crippen MR) is 136 cm³/mol. The Bertz CT molecular complexity index is 1750. The Kier molecular flexibility index (Phi) is 5.30. The van der Waals surface area contributed by atoms with E-state index in [1.165, 1.54) is 6.07 Å². The molecule has 0 fully saturated rings. The SMILES string of the molecule is Cc1cccc(NS(=O)(=O)c2cc(S(=O)(=O)Nc3cccc(C)c3)c3cccc4c3c2NC4=O)c1. The molecule has 0 saturated heterocycles. The second kappa shape index (κ2) is 8.10. The summed E-state index contributed by atoms with van der Waals surface area (Å²) >= 11 is 0. The summed E-state index contributed by atoms with van der Waals surface area (Å²) in [5, 5.41) is 3.09. The van der Waals surface area contributed by atoms with Crippen molar-refractivity contribution in [2.75, 3.05) is 14.8 Å². The number of rotatable bonds is 6. The molecule has 35 heavy (non-hydrogen) atoms.